The summed E-state index contributed by atoms with van der Waals surface area (Å²) in [6.07, 6.45) is 2.15. The average Bonchev–Trinajstić information content (AvgIpc) is 3.00. The average molecular weight is 345 g/mol. The molecule has 2 aromatic rings. The molecule has 1 aliphatic heterocycles. The van der Waals surface area contributed by atoms with E-state index in [1.54, 1.807) is 0 Å². The molecule has 1 saturated heterocycles. The number of carbonyl (C=O) groups is 1. The standard InChI is InChI=1S/C18H27N5O2/c1-4-14-21-16-17(12(2)13(3)20-18(16)19)23(14)7-5-6-15(24)22-8-10-25-11-9-22/h4-11H2,1-3H3,(H2,19,20). The van der Waals surface area contributed by atoms with E-state index in [-0.39, 0.29) is 5.91 Å². The van der Waals surface area contributed by atoms with Crippen LogP contribution in [0.15, 0.2) is 0 Å². The summed E-state index contributed by atoms with van der Waals surface area (Å²) in [4.78, 5) is 23.3. The number of pyridine rings is 1. The zero-order valence-corrected chi connectivity index (χ0v) is 15.3. The summed E-state index contributed by atoms with van der Waals surface area (Å²) in [6, 6.07) is 0. The van der Waals surface area contributed by atoms with Gasteiger partial charge in [0, 0.05) is 38.2 Å². The van der Waals surface area contributed by atoms with E-state index in [4.69, 9.17) is 10.5 Å². The summed E-state index contributed by atoms with van der Waals surface area (Å²) in [5.41, 5.74) is 9.95. The molecular weight excluding hydrogens is 318 g/mol. The molecule has 0 atom stereocenters. The van der Waals surface area contributed by atoms with E-state index < -0.39 is 0 Å². The molecule has 0 saturated carbocycles. The van der Waals surface area contributed by atoms with Crippen LogP contribution in [0.25, 0.3) is 11.0 Å². The number of ether oxygens (including phenoxy) is 1. The number of morpholine rings is 1. The molecule has 1 fully saturated rings. The molecule has 136 valence electrons. The van der Waals surface area contributed by atoms with Gasteiger partial charge in [-0.25, -0.2) is 9.97 Å². The van der Waals surface area contributed by atoms with Crippen LogP contribution in [0.5, 0.6) is 0 Å². The molecule has 0 bridgehead atoms. The van der Waals surface area contributed by atoms with Gasteiger partial charge in [0.15, 0.2) is 5.82 Å². The maximum absolute atomic E-state index is 12.3. The molecular formula is C18H27N5O2. The summed E-state index contributed by atoms with van der Waals surface area (Å²) in [6.45, 7) is 9.56. The highest BCUT2D eigenvalue weighted by molar-refractivity contribution is 5.88. The van der Waals surface area contributed by atoms with Gasteiger partial charge < -0.3 is 19.9 Å². The Bertz CT molecular complexity index is 778. The van der Waals surface area contributed by atoms with Crippen molar-refractivity contribution in [2.24, 2.45) is 0 Å². The molecule has 1 aliphatic rings. The lowest BCUT2D eigenvalue weighted by atomic mass is 10.2. The number of rotatable bonds is 5. The smallest absolute Gasteiger partial charge is 0.222 e. The Labute approximate surface area is 148 Å². The second-order valence-electron chi connectivity index (χ2n) is 6.53. The van der Waals surface area contributed by atoms with Gasteiger partial charge in [-0.2, -0.15) is 0 Å². The Balaban J connectivity index is 1.77. The Morgan fingerprint density at radius 3 is 2.64 bits per heavy atom. The molecule has 0 aromatic carbocycles. The van der Waals surface area contributed by atoms with Crippen LogP contribution in [0.4, 0.5) is 5.82 Å². The third kappa shape index (κ3) is 3.46. The van der Waals surface area contributed by atoms with Crippen molar-refractivity contribution < 1.29 is 9.53 Å². The molecule has 1 amide bonds. The van der Waals surface area contributed by atoms with Crippen molar-refractivity contribution >= 4 is 22.8 Å². The van der Waals surface area contributed by atoms with Crippen LogP contribution in [-0.4, -0.2) is 51.6 Å². The normalized spacial score (nSPS) is 15.1. The van der Waals surface area contributed by atoms with Crippen LogP contribution < -0.4 is 5.73 Å². The van der Waals surface area contributed by atoms with Crippen molar-refractivity contribution in [3.8, 4) is 0 Å². The number of nitrogens with zero attached hydrogens (tertiary/aromatic N) is 4. The van der Waals surface area contributed by atoms with Crippen molar-refractivity contribution in [3.05, 3.63) is 17.1 Å². The number of nitrogens with two attached hydrogens (primary N) is 1. The molecule has 7 nitrogen and oxygen atoms in total. The number of nitrogen functional groups attached to an aromatic ring is 1. The van der Waals surface area contributed by atoms with Crippen molar-refractivity contribution in [2.45, 2.75) is 46.6 Å². The number of fused-ring (bicyclic) bond motifs is 1. The van der Waals surface area contributed by atoms with Gasteiger partial charge in [0.2, 0.25) is 5.91 Å². The van der Waals surface area contributed by atoms with Gasteiger partial charge in [0.1, 0.15) is 11.3 Å². The summed E-state index contributed by atoms with van der Waals surface area (Å²) < 4.78 is 7.51. The number of anilines is 1. The SMILES string of the molecule is CCc1nc2c(N)nc(C)c(C)c2n1CCCC(=O)N1CCOCC1. The van der Waals surface area contributed by atoms with E-state index in [1.165, 1.54) is 0 Å². The van der Waals surface area contributed by atoms with E-state index in [2.05, 4.69) is 28.4 Å². The van der Waals surface area contributed by atoms with Crippen LogP contribution in [0.2, 0.25) is 0 Å². The van der Waals surface area contributed by atoms with Crippen LogP contribution in [0, 0.1) is 13.8 Å². The molecule has 25 heavy (non-hydrogen) atoms. The van der Waals surface area contributed by atoms with Gasteiger partial charge in [0.05, 0.1) is 18.7 Å². The van der Waals surface area contributed by atoms with E-state index in [1.807, 2.05) is 11.8 Å². The molecule has 3 heterocycles. The maximum atomic E-state index is 12.3. The highest BCUT2D eigenvalue weighted by Gasteiger charge is 2.19. The number of hydrogen-bond acceptors (Lipinski definition) is 5. The number of imidazole rings is 1. The number of aromatic nitrogens is 3. The van der Waals surface area contributed by atoms with Crippen LogP contribution >= 0.6 is 0 Å². The zero-order chi connectivity index (χ0) is 18.0. The highest BCUT2D eigenvalue weighted by Crippen LogP contribution is 2.26. The first kappa shape index (κ1) is 17.7. The molecule has 2 N–H and O–H groups in total. The Morgan fingerprint density at radius 1 is 1.24 bits per heavy atom. The lowest BCUT2D eigenvalue weighted by molar-refractivity contribution is -0.135. The number of hydrogen-bond donors (Lipinski definition) is 1. The third-order valence-corrected chi connectivity index (χ3v) is 4.93. The summed E-state index contributed by atoms with van der Waals surface area (Å²) in [5.74, 6) is 1.69. The van der Waals surface area contributed by atoms with Crippen molar-refractivity contribution in [1.29, 1.82) is 0 Å². The van der Waals surface area contributed by atoms with E-state index >= 15 is 0 Å². The molecule has 0 aliphatic carbocycles. The minimum absolute atomic E-state index is 0.208. The van der Waals surface area contributed by atoms with Crippen molar-refractivity contribution in [2.75, 3.05) is 32.0 Å². The maximum Gasteiger partial charge on any atom is 0.222 e. The molecule has 7 heteroatoms. The first-order valence-corrected chi connectivity index (χ1v) is 9.00. The monoisotopic (exact) mass is 345 g/mol. The topological polar surface area (TPSA) is 86.3 Å². The lowest BCUT2D eigenvalue weighted by Gasteiger charge is -2.26. The van der Waals surface area contributed by atoms with Gasteiger partial charge in [-0.05, 0) is 25.8 Å². The Hall–Kier alpha value is -2.15. The number of aryl methyl sites for hydroxylation is 4. The third-order valence-electron chi connectivity index (χ3n) is 4.93. The minimum Gasteiger partial charge on any atom is -0.382 e. The first-order chi connectivity index (χ1) is 12.0. The predicted octanol–water partition coefficient (Wildman–Crippen LogP) is 1.83. The first-order valence-electron chi connectivity index (χ1n) is 9.00. The molecule has 0 spiro atoms. The van der Waals surface area contributed by atoms with Crippen LogP contribution in [0.1, 0.15) is 36.8 Å². The van der Waals surface area contributed by atoms with Crippen molar-refractivity contribution in [1.82, 2.24) is 19.4 Å². The van der Waals surface area contributed by atoms with Crippen LogP contribution in [-0.2, 0) is 22.5 Å². The number of carbonyl (C=O) groups excluding carboxylic acids is 1. The highest BCUT2D eigenvalue weighted by atomic mass is 16.5. The fraction of sp³-hybridized carbons (Fsp3) is 0.611. The largest absolute Gasteiger partial charge is 0.382 e. The van der Waals surface area contributed by atoms with Gasteiger partial charge >= 0.3 is 0 Å². The van der Waals surface area contributed by atoms with Gasteiger partial charge in [-0.1, -0.05) is 6.92 Å². The zero-order valence-electron chi connectivity index (χ0n) is 15.3. The molecule has 0 radical (unpaired) electrons. The van der Waals surface area contributed by atoms with Crippen molar-refractivity contribution in [3.63, 3.8) is 0 Å². The van der Waals surface area contributed by atoms with Gasteiger partial charge in [-0.3, -0.25) is 4.79 Å². The fourth-order valence-electron chi connectivity index (χ4n) is 3.42. The fourth-order valence-corrected chi connectivity index (χ4v) is 3.42. The molecule has 0 unspecified atom stereocenters. The van der Waals surface area contributed by atoms with Gasteiger partial charge in [-0.15, -0.1) is 0 Å². The molecule has 2 aromatic heterocycles. The Kier molecular flexibility index (Phi) is 5.22. The van der Waals surface area contributed by atoms with Gasteiger partial charge in [0.25, 0.3) is 0 Å². The van der Waals surface area contributed by atoms with E-state index in [0.29, 0.717) is 38.5 Å². The van der Waals surface area contributed by atoms with E-state index in [0.717, 1.165) is 47.5 Å². The lowest BCUT2D eigenvalue weighted by Crippen LogP contribution is -2.40. The summed E-state index contributed by atoms with van der Waals surface area (Å²) >= 11 is 0. The quantitative estimate of drug-likeness (QED) is 0.893. The summed E-state index contributed by atoms with van der Waals surface area (Å²) in [5, 5.41) is 0. The Morgan fingerprint density at radius 2 is 1.96 bits per heavy atom. The second-order valence-corrected chi connectivity index (χ2v) is 6.53. The van der Waals surface area contributed by atoms with E-state index in [9.17, 15) is 4.79 Å². The minimum atomic E-state index is 0.208. The summed E-state index contributed by atoms with van der Waals surface area (Å²) in [7, 11) is 0. The second kappa shape index (κ2) is 7.39. The predicted molar refractivity (Wildman–Crippen MR) is 97.4 cm³/mol. The molecule has 3 rings (SSSR count). The number of amides is 1. The van der Waals surface area contributed by atoms with Crippen LogP contribution in [0.3, 0.4) is 0 Å².